The van der Waals surface area contributed by atoms with Gasteiger partial charge in [0.1, 0.15) is 17.3 Å². The van der Waals surface area contributed by atoms with Crippen molar-refractivity contribution in [2.45, 2.75) is 67.2 Å². The van der Waals surface area contributed by atoms with Gasteiger partial charge in [0.15, 0.2) is 5.78 Å². The average Bonchev–Trinajstić information content (AvgIpc) is 2.83. The molecule has 1 atom stereocenters. The van der Waals surface area contributed by atoms with E-state index in [4.69, 9.17) is 9.47 Å². The van der Waals surface area contributed by atoms with Crippen molar-refractivity contribution in [3.8, 4) is 5.75 Å². The Morgan fingerprint density at radius 1 is 1.22 bits per heavy atom. The number of aliphatic hydroxyl groups is 1. The van der Waals surface area contributed by atoms with Gasteiger partial charge in [-0.25, -0.2) is 0 Å². The minimum atomic E-state index is -0.215. The summed E-state index contributed by atoms with van der Waals surface area (Å²) in [5, 5.41) is 10.1. The molecule has 7 nitrogen and oxygen atoms in total. The van der Waals surface area contributed by atoms with Crippen molar-refractivity contribution >= 4 is 12.3 Å². The monoisotopic (exact) mass is 672 g/mol. The maximum Gasteiger partial charge on any atom is 0.298 e. The van der Waals surface area contributed by atoms with Crippen molar-refractivity contribution in [2.75, 3.05) is 13.7 Å². The third kappa shape index (κ3) is 16.3. The molecule has 1 unspecified atom stereocenters. The summed E-state index contributed by atoms with van der Waals surface area (Å²) >= 11 is 0. The number of aryl methyl sites for hydroxylation is 1. The molecule has 0 radical (unpaired) electrons. The molecule has 0 saturated carbocycles. The molecular weight excluding hydrogens is 630 g/mol. The van der Waals surface area contributed by atoms with Gasteiger partial charge in [0, 0.05) is 51.7 Å². The fraction of sp³-hybridized carbons (Fsp3) is 0.500. The van der Waals surface area contributed by atoms with Crippen LogP contribution >= 0.6 is 0 Å². The van der Waals surface area contributed by atoms with Crippen molar-refractivity contribution in [2.24, 2.45) is 11.8 Å². The molecule has 0 bridgehead atoms. The first-order valence-electron chi connectivity index (χ1n) is 12.0. The summed E-state index contributed by atoms with van der Waals surface area (Å²) in [6, 6.07) is 8.17. The number of allylic oxidation sites excluding steroid dienone is 4. The second kappa shape index (κ2) is 21.9. The van der Waals surface area contributed by atoms with E-state index in [0.29, 0.717) is 25.1 Å². The molecule has 202 valence electrons. The normalized spacial score (nSPS) is 12.6. The summed E-state index contributed by atoms with van der Waals surface area (Å²) in [7, 11) is 1.46. The van der Waals surface area contributed by atoms with Gasteiger partial charge < -0.3 is 24.9 Å². The summed E-state index contributed by atoms with van der Waals surface area (Å²) in [5.74, 6) is 0.636. The van der Waals surface area contributed by atoms with Gasteiger partial charge in [0.25, 0.3) is 6.47 Å². The SMILES string of the molecule is CCCCOc1cccc(C)c1.CO[N-]/C=C\CCC(C)/C(=C/C(O)=C(\C)C(=O)C(C)C)OC=O.[W]. The molecule has 0 aromatic heterocycles. The fourth-order valence-electron chi connectivity index (χ4n) is 2.86. The average molecular weight is 672 g/mol. The minimum absolute atomic E-state index is 0. The molecule has 0 aliphatic carbocycles. The van der Waals surface area contributed by atoms with E-state index in [9.17, 15) is 14.7 Å². The van der Waals surface area contributed by atoms with E-state index in [2.05, 4.69) is 36.3 Å². The van der Waals surface area contributed by atoms with E-state index in [0.717, 1.165) is 18.8 Å². The maximum absolute atomic E-state index is 11.9. The van der Waals surface area contributed by atoms with Gasteiger partial charge in [-0.3, -0.25) is 9.59 Å². The first-order valence-corrected chi connectivity index (χ1v) is 12.0. The zero-order valence-corrected chi connectivity index (χ0v) is 25.6. The van der Waals surface area contributed by atoms with Crippen LogP contribution in [0, 0.1) is 18.8 Å². The van der Waals surface area contributed by atoms with Crippen LogP contribution in [0.15, 0.2) is 59.7 Å². The van der Waals surface area contributed by atoms with Crippen LogP contribution in [-0.2, 0) is 40.2 Å². The number of Topliss-reactive ketones (excluding diaryl/α,β-unsaturated/α-hetero) is 1. The van der Waals surface area contributed by atoms with Crippen molar-refractivity contribution in [1.82, 2.24) is 0 Å². The number of ketones is 1. The number of hydrogen-bond acceptors (Lipinski definition) is 6. The van der Waals surface area contributed by atoms with E-state index < -0.39 is 0 Å². The minimum Gasteiger partial charge on any atom is -0.569 e. The largest absolute Gasteiger partial charge is 0.569 e. The molecule has 0 aliphatic heterocycles. The van der Waals surface area contributed by atoms with Gasteiger partial charge in [0.2, 0.25) is 0 Å². The molecule has 1 rings (SSSR count). The third-order valence-corrected chi connectivity index (χ3v) is 5.02. The van der Waals surface area contributed by atoms with Gasteiger partial charge in [-0.2, -0.15) is 6.20 Å². The summed E-state index contributed by atoms with van der Waals surface area (Å²) in [6.07, 6.45) is 8.39. The summed E-state index contributed by atoms with van der Waals surface area (Å²) < 4.78 is 10.5. The van der Waals surface area contributed by atoms with Crippen molar-refractivity contribution in [3.63, 3.8) is 0 Å². The number of hydrogen-bond donors (Lipinski definition) is 1. The molecule has 8 heteroatoms. The van der Waals surface area contributed by atoms with Crippen LogP contribution in [0.3, 0.4) is 0 Å². The predicted octanol–water partition coefficient (Wildman–Crippen LogP) is 7.14. The smallest absolute Gasteiger partial charge is 0.298 e. The molecule has 1 N–H and O–H groups in total. The number of carbonyl (C=O) groups excluding carboxylic acids is 2. The van der Waals surface area contributed by atoms with Gasteiger partial charge >= 0.3 is 0 Å². The third-order valence-electron chi connectivity index (χ3n) is 5.02. The number of rotatable bonds is 15. The molecule has 0 heterocycles. The Kier molecular flexibility index (Phi) is 21.7. The molecule has 0 amide bonds. The topological polar surface area (TPSA) is 96.2 Å². The Morgan fingerprint density at radius 3 is 2.47 bits per heavy atom. The van der Waals surface area contributed by atoms with E-state index in [1.165, 1.54) is 25.2 Å². The Morgan fingerprint density at radius 2 is 1.92 bits per heavy atom. The number of hydroxylamine groups is 1. The number of nitrogens with zero attached hydrogens (tertiary/aromatic N) is 1. The van der Waals surface area contributed by atoms with Crippen LogP contribution in [0.4, 0.5) is 0 Å². The van der Waals surface area contributed by atoms with Gasteiger partial charge in [-0.1, -0.05) is 46.2 Å². The van der Waals surface area contributed by atoms with Gasteiger partial charge in [-0.15, -0.1) is 6.08 Å². The van der Waals surface area contributed by atoms with Crippen LogP contribution in [0.1, 0.15) is 65.9 Å². The first-order chi connectivity index (χ1) is 16.7. The molecular formula is C28H42NO6W-. The zero-order chi connectivity index (χ0) is 26.6. The molecule has 36 heavy (non-hydrogen) atoms. The van der Waals surface area contributed by atoms with E-state index in [1.807, 2.05) is 25.1 Å². The molecule has 0 fully saturated rings. The number of unbranched alkanes of at least 4 members (excludes halogenated alkanes) is 1. The van der Waals surface area contributed by atoms with E-state index in [-0.39, 0.29) is 50.0 Å². The van der Waals surface area contributed by atoms with Crippen LogP contribution < -0.4 is 4.74 Å². The standard InChI is InChI=1S/C17H26NO5.C11H16O.W/c1-12(2)17(21)14(4)15(20)10-16(23-11-19)13(3)8-6-7-9-18-22-5;1-3-4-8-12-11-7-5-6-10(2)9-11;/h7,9-13H,6,8H2,1-5H3,(H,20,21);5-7,9H,3-4,8H2,1-2H3;/q-1;;/b9-7-,16-10-;;. The summed E-state index contributed by atoms with van der Waals surface area (Å²) in [5.41, 5.74) is 5.09. The number of carbonyl (C=O) groups is 2. The molecule has 1 aromatic rings. The maximum atomic E-state index is 11.9. The number of benzene rings is 1. The number of aliphatic hydroxyl groups excluding tert-OH is 1. The Labute approximate surface area is 231 Å². The Bertz CT molecular complexity index is 848. The fourth-order valence-corrected chi connectivity index (χ4v) is 2.86. The second-order valence-electron chi connectivity index (χ2n) is 8.46. The predicted molar refractivity (Wildman–Crippen MR) is 140 cm³/mol. The second-order valence-corrected chi connectivity index (χ2v) is 8.46. The summed E-state index contributed by atoms with van der Waals surface area (Å²) in [4.78, 5) is 27.1. The van der Waals surface area contributed by atoms with Crippen molar-refractivity contribution in [3.05, 3.63) is 70.8 Å². The van der Waals surface area contributed by atoms with E-state index in [1.54, 1.807) is 27.0 Å². The Balaban J connectivity index is 0. The first kappa shape index (κ1) is 35.8. The van der Waals surface area contributed by atoms with Crippen LogP contribution in [0.5, 0.6) is 5.75 Å². The molecule has 0 aliphatic rings. The quantitative estimate of drug-likeness (QED) is 0.0532. The Hall–Kier alpha value is -2.37. The molecule has 0 spiro atoms. The summed E-state index contributed by atoms with van der Waals surface area (Å²) in [6.45, 7) is 12.3. The van der Waals surface area contributed by atoms with Gasteiger partial charge in [0.05, 0.1) is 6.61 Å². The van der Waals surface area contributed by atoms with E-state index >= 15 is 0 Å². The van der Waals surface area contributed by atoms with Crippen molar-refractivity contribution < 1.29 is 50.1 Å². The number of ether oxygens (including phenoxy) is 2. The van der Waals surface area contributed by atoms with Crippen LogP contribution in [0.2, 0.25) is 0 Å². The van der Waals surface area contributed by atoms with Crippen LogP contribution in [-0.4, -0.2) is 31.1 Å². The molecule has 1 aromatic carbocycles. The van der Waals surface area contributed by atoms with Gasteiger partial charge in [-0.05, 0) is 50.8 Å². The zero-order valence-electron chi connectivity index (χ0n) is 22.7. The van der Waals surface area contributed by atoms with Crippen molar-refractivity contribution in [1.29, 1.82) is 0 Å². The van der Waals surface area contributed by atoms with Crippen LogP contribution in [0.25, 0.3) is 5.48 Å². The molecule has 0 saturated heterocycles.